The van der Waals surface area contributed by atoms with Crippen LogP contribution in [0.4, 0.5) is 5.69 Å². The van der Waals surface area contributed by atoms with Crippen molar-refractivity contribution in [3.05, 3.63) is 56.5 Å². The van der Waals surface area contributed by atoms with E-state index < -0.39 is 10.8 Å². The first-order valence-electron chi connectivity index (χ1n) is 7.55. The number of benzene rings is 2. The summed E-state index contributed by atoms with van der Waals surface area (Å²) >= 11 is 3.16. The van der Waals surface area contributed by atoms with Crippen molar-refractivity contribution in [2.24, 2.45) is 5.10 Å². The molecule has 9 nitrogen and oxygen atoms in total. The summed E-state index contributed by atoms with van der Waals surface area (Å²) in [6.07, 6.45) is 1.45. The van der Waals surface area contributed by atoms with Gasteiger partial charge in [-0.2, -0.15) is 5.10 Å². The van der Waals surface area contributed by atoms with Crippen LogP contribution in [0.3, 0.4) is 0 Å². The van der Waals surface area contributed by atoms with E-state index in [1.807, 2.05) is 0 Å². The number of amides is 1. The molecule has 0 fully saturated rings. The van der Waals surface area contributed by atoms with Crippen molar-refractivity contribution in [3.63, 3.8) is 0 Å². The van der Waals surface area contributed by atoms with Crippen LogP contribution in [0.1, 0.15) is 5.56 Å². The molecule has 2 rings (SSSR count). The lowest BCUT2D eigenvalue weighted by Crippen LogP contribution is -2.24. The van der Waals surface area contributed by atoms with E-state index in [2.05, 4.69) is 26.5 Å². The van der Waals surface area contributed by atoms with Gasteiger partial charge in [0.05, 0.1) is 29.8 Å². The highest BCUT2D eigenvalue weighted by Crippen LogP contribution is 2.29. The lowest BCUT2D eigenvalue weighted by Gasteiger charge is -2.08. The van der Waals surface area contributed by atoms with E-state index in [1.54, 1.807) is 18.2 Å². The quantitative estimate of drug-likeness (QED) is 0.385. The van der Waals surface area contributed by atoms with Crippen molar-refractivity contribution in [2.45, 2.75) is 0 Å². The van der Waals surface area contributed by atoms with Gasteiger partial charge in [-0.3, -0.25) is 14.9 Å². The zero-order chi connectivity index (χ0) is 19.8. The number of methoxy groups -OCH3 is 2. The molecule has 0 saturated carbocycles. The van der Waals surface area contributed by atoms with Crippen LogP contribution in [-0.2, 0) is 4.79 Å². The first-order valence-corrected chi connectivity index (χ1v) is 8.34. The molecule has 0 bridgehead atoms. The van der Waals surface area contributed by atoms with Gasteiger partial charge in [-0.1, -0.05) is 0 Å². The van der Waals surface area contributed by atoms with E-state index in [0.29, 0.717) is 27.3 Å². The number of ether oxygens (including phenoxy) is 3. The molecule has 10 heteroatoms. The van der Waals surface area contributed by atoms with Gasteiger partial charge in [0, 0.05) is 12.1 Å². The molecule has 0 aromatic heterocycles. The van der Waals surface area contributed by atoms with Crippen LogP contribution >= 0.6 is 15.9 Å². The highest BCUT2D eigenvalue weighted by atomic mass is 79.9. The van der Waals surface area contributed by atoms with E-state index in [0.717, 1.165) is 0 Å². The van der Waals surface area contributed by atoms with Crippen LogP contribution in [0.2, 0.25) is 0 Å². The first kappa shape index (κ1) is 20.2. The summed E-state index contributed by atoms with van der Waals surface area (Å²) < 4.78 is 16.0. The largest absolute Gasteiger partial charge is 0.493 e. The second-order valence-electron chi connectivity index (χ2n) is 5.07. The van der Waals surface area contributed by atoms with Crippen LogP contribution in [0.5, 0.6) is 17.2 Å². The SMILES string of the molecule is COc1ccc(C=NNC(=O)COc2ccc([N+](=O)[O-])cc2Br)cc1OC. The summed E-state index contributed by atoms with van der Waals surface area (Å²) in [7, 11) is 3.06. The second kappa shape index (κ2) is 9.53. The summed E-state index contributed by atoms with van der Waals surface area (Å²) in [5.74, 6) is 0.941. The zero-order valence-electron chi connectivity index (χ0n) is 14.5. The third-order valence-corrected chi connectivity index (χ3v) is 3.92. The third kappa shape index (κ3) is 5.68. The van der Waals surface area contributed by atoms with Crippen LogP contribution in [0.15, 0.2) is 46.0 Å². The van der Waals surface area contributed by atoms with Gasteiger partial charge in [-0.25, -0.2) is 5.43 Å². The maximum absolute atomic E-state index is 11.8. The Kier molecular flexibility index (Phi) is 7.12. The molecule has 0 unspecified atom stereocenters. The fourth-order valence-corrected chi connectivity index (χ4v) is 2.49. The number of hydrogen-bond donors (Lipinski definition) is 1. The number of non-ortho nitro benzene ring substituents is 1. The summed E-state index contributed by atoms with van der Waals surface area (Å²) in [5.41, 5.74) is 2.94. The Balaban J connectivity index is 1.89. The molecule has 0 aliphatic carbocycles. The molecule has 1 amide bonds. The maximum atomic E-state index is 11.8. The van der Waals surface area contributed by atoms with Crippen LogP contribution in [0, 0.1) is 10.1 Å². The van der Waals surface area contributed by atoms with Crippen LogP contribution in [0.25, 0.3) is 0 Å². The second-order valence-corrected chi connectivity index (χ2v) is 5.92. The van der Waals surface area contributed by atoms with Crippen molar-refractivity contribution >= 4 is 33.7 Å². The number of hydrogen-bond acceptors (Lipinski definition) is 7. The van der Waals surface area contributed by atoms with Crippen molar-refractivity contribution < 1.29 is 23.9 Å². The van der Waals surface area contributed by atoms with Crippen molar-refractivity contribution in [1.29, 1.82) is 0 Å². The summed E-state index contributed by atoms with van der Waals surface area (Å²) in [4.78, 5) is 22.0. The lowest BCUT2D eigenvalue weighted by molar-refractivity contribution is -0.384. The van der Waals surface area contributed by atoms with Crippen molar-refractivity contribution in [3.8, 4) is 17.2 Å². The Labute approximate surface area is 163 Å². The topological polar surface area (TPSA) is 112 Å². The highest BCUT2D eigenvalue weighted by Gasteiger charge is 2.11. The smallest absolute Gasteiger partial charge is 0.277 e. The number of hydrazone groups is 1. The van der Waals surface area contributed by atoms with Crippen LogP contribution < -0.4 is 19.6 Å². The van der Waals surface area contributed by atoms with E-state index in [9.17, 15) is 14.9 Å². The van der Waals surface area contributed by atoms with Gasteiger partial charge >= 0.3 is 0 Å². The molecule has 0 spiro atoms. The molecule has 2 aromatic carbocycles. The number of carbonyl (C=O) groups excluding carboxylic acids is 1. The Hall–Kier alpha value is -3.14. The molecule has 27 heavy (non-hydrogen) atoms. The number of nitrogens with one attached hydrogen (secondary N) is 1. The van der Waals surface area contributed by atoms with Gasteiger partial charge in [0.1, 0.15) is 5.75 Å². The third-order valence-electron chi connectivity index (χ3n) is 3.30. The predicted octanol–water partition coefficient (Wildman–Crippen LogP) is 2.90. The van der Waals surface area contributed by atoms with E-state index in [1.165, 1.54) is 38.6 Å². The first-order chi connectivity index (χ1) is 12.9. The number of nitro groups is 1. The number of rotatable bonds is 8. The molecule has 2 aromatic rings. The minimum atomic E-state index is -0.524. The van der Waals surface area contributed by atoms with Crippen LogP contribution in [-0.4, -0.2) is 37.9 Å². The van der Waals surface area contributed by atoms with E-state index >= 15 is 0 Å². The molecule has 0 atom stereocenters. The minimum absolute atomic E-state index is 0.0850. The molecule has 0 saturated heterocycles. The Morgan fingerprint density at radius 2 is 1.89 bits per heavy atom. The predicted molar refractivity (Wildman–Crippen MR) is 102 cm³/mol. The Morgan fingerprint density at radius 3 is 2.52 bits per heavy atom. The molecule has 0 heterocycles. The zero-order valence-corrected chi connectivity index (χ0v) is 16.1. The molecule has 0 radical (unpaired) electrons. The normalized spacial score (nSPS) is 10.5. The average molecular weight is 438 g/mol. The van der Waals surface area contributed by atoms with E-state index in [4.69, 9.17) is 14.2 Å². The number of nitro benzene ring substituents is 1. The number of halogens is 1. The molecule has 142 valence electrons. The van der Waals surface area contributed by atoms with Gasteiger partial charge < -0.3 is 14.2 Å². The van der Waals surface area contributed by atoms with Crippen molar-refractivity contribution in [1.82, 2.24) is 5.43 Å². The average Bonchev–Trinajstić information content (AvgIpc) is 2.66. The van der Waals surface area contributed by atoms with E-state index in [-0.39, 0.29) is 12.3 Å². The summed E-state index contributed by atoms with van der Waals surface area (Å²) in [6.45, 7) is -0.306. The molecule has 1 N–H and O–H groups in total. The Morgan fingerprint density at radius 1 is 1.19 bits per heavy atom. The van der Waals surface area contributed by atoms with Gasteiger partial charge in [-0.15, -0.1) is 0 Å². The van der Waals surface area contributed by atoms with Gasteiger partial charge in [0.2, 0.25) is 0 Å². The summed E-state index contributed by atoms with van der Waals surface area (Å²) in [6, 6.07) is 9.16. The lowest BCUT2D eigenvalue weighted by atomic mass is 10.2. The molecular weight excluding hydrogens is 422 g/mol. The minimum Gasteiger partial charge on any atom is -0.493 e. The monoisotopic (exact) mass is 437 g/mol. The number of carbonyl (C=O) groups is 1. The number of nitrogens with zero attached hydrogens (tertiary/aromatic N) is 2. The van der Waals surface area contributed by atoms with Gasteiger partial charge in [0.25, 0.3) is 11.6 Å². The van der Waals surface area contributed by atoms with Gasteiger partial charge in [0.15, 0.2) is 18.1 Å². The summed E-state index contributed by atoms with van der Waals surface area (Å²) in [5, 5.41) is 14.5. The Bertz CT molecular complexity index is 872. The van der Waals surface area contributed by atoms with Crippen molar-refractivity contribution in [2.75, 3.05) is 20.8 Å². The highest BCUT2D eigenvalue weighted by molar-refractivity contribution is 9.10. The molecule has 0 aliphatic rings. The molecule has 0 aliphatic heterocycles. The maximum Gasteiger partial charge on any atom is 0.277 e. The standard InChI is InChI=1S/C17H16BrN3O6/c1-25-15-5-3-11(7-16(15)26-2)9-19-20-17(22)10-27-14-6-4-12(21(23)24)8-13(14)18/h3-9H,10H2,1-2H3,(H,20,22). The fourth-order valence-electron chi connectivity index (χ4n) is 2.01. The molecular formula is C17H16BrN3O6. The van der Waals surface area contributed by atoms with Gasteiger partial charge in [-0.05, 0) is 45.8 Å². The fraction of sp³-hybridized carbons (Fsp3) is 0.176.